The number of hydrogen-bond acceptors (Lipinski definition) is 5. The van der Waals surface area contributed by atoms with Crippen molar-refractivity contribution in [2.24, 2.45) is 5.10 Å². The molecule has 0 saturated carbocycles. The van der Waals surface area contributed by atoms with Gasteiger partial charge in [0, 0.05) is 5.56 Å². The number of nitrogens with zero attached hydrogens (tertiary/aromatic N) is 1. The number of alkyl halides is 3. The van der Waals surface area contributed by atoms with E-state index >= 15 is 0 Å². The molecule has 0 unspecified atom stereocenters. The summed E-state index contributed by atoms with van der Waals surface area (Å²) in [5.74, 6) is -0.484. The third-order valence-corrected chi connectivity index (χ3v) is 6.41. The molecule has 184 valence electrons. The zero-order valence-electron chi connectivity index (χ0n) is 18.6. The molecule has 36 heavy (non-hydrogen) atoms. The summed E-state index contributed by atoms with van der Waals surface area (Å²) in [6.45, 7) is 0. The van der Waals surface area contributed by atoms with Gasteiger partial charge in [-0.1, -0.05) is 54.6 Å². The molecule has 0 heterocycles. The minimum atomic E-state index is -4.59. The van der Waals surface area contributed by atoms with Gasteiger partial charge in [-0.3, -0.25) is 4.79 Å². The average molecular weight is 513 g/mol. The van der Waals surface area contributed by atoms with Gasteiger partial charge in [-0.2, -0.15) is 26.7 Å². The van der Waals surface area contributed by atoms with Crippen LogP contribution in [0.25, 0.3) is 10.8 Å². The van der Waals surface area contributed by atoms with E-state index in [1.165, 1.54) is 24.4 Å². The lowest BCUT2D eigenvalue weighted by molar-refractivity contribution is -0.137. The molecule has 0 aromatic heterocycles. The van der Waals surface area contributed by atoms with Crippen LogP contribution in [-0.2, 0) is 27.5 Å². The maximum absolute atomic E-state index is 12.8. The zero-order chi connectivity index (χ0) is 25.8. The predicted octanol–water partition coefficient (Wildman–Crippen LogP) is 5.32. The highest BCUT2D eigenvalue weighted by molar-refractivity contribution is 7.87. The topological polar surface area (TPSA) is 84.8 Å². The van der Waals surface area contributed by atoms with Crippen molar-refractivity contribution in [2.45, 2.75) is 17.5 Å². The fraction of sp³-hybridized carbons (Fsp3) is 0.0769. The quantitative estimate of drug-likeness (QED) is 0.206. The van der Waals surface area contributed by atoms with E-state index in [1.54, 1.807) is 6.07 Å². The van der Waals surface area contributed by atoms with Gasteiger partial charge in [0.2, 0.25) is 5.91 Å². The first-order valence-electron chi connectivity index (χ1n) is 10.6. The Labute approximate surface area is 205 Å². The Morgan fingerprint density at radius 3 is 2.28 bits per heavy atom. The summed E-state index contributed by atoms with van der Waals surface area (Å²) < 4.78 is 68.5. The minimum absolute atomic E-state index is 0.0859. The van der Waals surface area contributed by atoms with Gasteiger partial charge in [0.1, 0.15) is 4.90 Å². The van der Waals surface area contributed by atoms with Crippen LogP contribution in [0.3, 0.4) is 0 Å². The molecule has 4 aromatic rings. The maximum Gasteiger partial charge on any atom is 0.416 e. The van der Waals surface area contributed by atoms with Crippen LogP contribution in [0.5, 0.6) is 5.75 Å². The average Bonchev–Trinajstić information content (AvgIpc) is 2.84. The molecular formula is C26H19F3N2O4S. The fourth-order valence-corrected chi connectivity index (χ4v) is 4.34. The Balaban J connectivity index is 1.43. The molecule has 0 atom stereocenters. The molecule has 0 radical (unpaired) electrons. The Morgan fingerprint density at radius 2 is 1.56 bits per heavy atom. The number of halogens is 3. The molecule has 10 heteroatoms. The van der Waals surface area contributed by atoms with Gasteiger partial charge >= 0.3 is 16.3 Å². The van der Waals surface area contributed by atoms with Crippen LogP contribution in [0.4, 0.5) is 13.2 Å². The largest absolute Gasteiger partial charge is 0.416 e. The number of hydrazone groups is 1. The molecule has 6 nitrogen and oxygen atoms in total. The summed E-state index contributed by atoms with van der Waals surface area (Å²) in [4.78, 5) is 11.9. The third-order valence-electron chi connectivity index (χ3n) is 5.16. The van der Waals surface area contributed by atoms with Gasteiger partial charge in [0.25, 0.3) is 0 Å². The number of carbonyl (C=O) groups is 1. The van der Waals surface area contributed by atoms with E-state index in [4.69, 9.17) is 4.18 Å². The van der Waals surface area contributed by atoms with E-state index < -0.39 is 26.8 Å². The van der Waals surface area contributed by atoms with Crippen molar-refractivity contribution < 1.29 is 30.6 Å². The number of para-hydroxylation sites is 1. The number of rotatable bonds is 7. The summed E-state index contributed by atoms with van der Waals surface area (Å²) in [6.07, 6.45) is -3.29. The molecule has 0 fully saturated rings. The molecule has 4 aromatic carbocycles. The summed E-state index contributed by atoms with van der Waals surface area (Å²) in [6, 6.07) is 22.4. The molecule has 1 N–H and O–H groups in total. The highest BCUT2D eigenvalue weighted by Crippen LogP contribution is 2.30. The first kappa shape index (κ1) is 24.9. The van der Waals surface area contributed by atoms with Gasteiger partial charge in [-0.25, -0.2) is 5.43 Å². The lowest BCUT2D eigenvalue weighted by Gasteiger charge is -2.11. The summed E-state index contributed by atoms with van der Waals surface area (Å²) >= 11 is 0. The second-order valence-electron chi connectivity index (χ2n) is 7.75. The van der Waals surface area contributed by atoms with Crippen molar-refractivity contribution in [3.8, 4) is 5.75 Å². The van der Waals surface area contributed by atoms with Crippen molar-refractivity contribution >= 4 is 33.0 Å². The van der Waals surface area contributed by atoms with Crippen LogP contribution in [0.2, 0.25) is 0 Å². The van der Waals surface area contributed by atoms with Gasteiger partial charge in [-0.15, -0.1) is 0 Å². The van der Waals surface area contributed by atoms with E-state index in [0.29, 0.717) is 12.1 Å². The van der Waals surface area contributed by atoms with Crippen molar-refractivity contribution in [3.63, 3.8) is 0 Å². The number of carbonyl (C=O) groups excluding carboxylic acids is 1. The Hall–Kier alpha value is -4.18. The minimum Gasteiger partial charge on any atom is -0.378 e. The SMILES string of the molecule is O=C(Cc1ccc2ccccc2c1)N/N=C/c1ccccc1OS(=O)(=O)c1ccc(C(F)(F)F)cc1. The Kier molecular flexibility index (Phi) is 7.07. The number of hydrogen-bond donors (Lipinski definition) is 1. The van der Waals surface area contributed by atoms with E-state index in [1.807, 2.05) is 42.5 Å². The standard InChI is InChI=1S/C26H19F3N2O4S/c27-26(28,29)22-11-13-23(14-12-22)36(33,34)35-24-8-4-3-7-21(24)17-30-31-25(32)16-18-9-10-19-5-1-2-6-20(19)15-18/h1-15,17H,16H2,(H,31,32)/b30-17+. The molecule has 0 aliphatic carbocycles. The van der Waals surface area contributed by atoms with Crippen LogP contribution < -0.4 is 9.61 Å². The van der Waals surface area contributed by atoms with Crippen LogP contribution >= 0.6 is 0 Å². The highest BCUT2D eigenvalue weighted by Gasteiger charge is 2.31. The summed E-state index contributed by atoms with van der Waals surface area (Å²) in [5, 5.41) is 5.94. The molecule has 0 aliphatic heterocycles. The van der Waals surface area contributed by atoms with E-state index in [-0.39, 0.29) is 23.6 Å². The van der Waals surface area contributed by atoms with Gasteiger partial charge in [0.15, 0.2) is 5.75 Å². The second-order valence-corrected chi connectivity index (χ2v) is 9.30. The van der Waals surface area contributed by atoms with Gasteiger partial charge in [0.05, 0.1) is 18.2 Å². The lowest BCUT2D eigenvalue weighted by atomic mass is 10.1. The third kappa shape index (κ3) is 6.08. The second kappa shape index (κ2) is 10.2. The molecule has 0 bridgehead atoms. The maximum atomic E-state index is 12.8. The molecule has 1 amide bonds. The number of fused-ring (bicyclic) bond motifs is 1. The number of benzene rings is 4. The molecular weight excluding hydrogens is 493 g/mol. The lowest BCUT2D eigenvalue weighted by Crippen LogP contribution is -2.19. The normalized spacial score (nSPS) is 12.1. The molecule has 0 aliphatic rings. The van der Waals surface area contributed by atoms with Crippen LogP contribution in [0, 0.1) is 0 Å². The number of nitrogens with one attached hydrogen (secondary N) is 1. The van der Waals surface area contributed by atoms with E-state index in [2.05, 4.69) is 10.5 Å². The first-order valence-corrected chi connectivity index (χ1v) is 12.0. The monoisotopic (exact) mass is 512 g/mol. The smallest absolute Gasteiger partial charge is 0.378 e. The highest BCUT2D eigenvalue weighted by atomic mass is 32.2. The van der Waals surface area contributed by atoms with Crippen molar-refractivity contribution in [3.05, 3.63) is 108 Å². The number of amides is 1. The Morgan fingerprint density at radius 1 is 0.889 bits per heavy atom. The van der Waals surface area contributed by atoms with Crippen LogP contribution in [0.15, 0.2) is 101 Å². The van der Waals surface area contributed by atoms with Gasteiger partial charge < -0.3 is 4.18 Å². The summed E-state index contributed by atoms with van der Waals surface area (Å²) in [7, 11) is -4.41. The van der Waals surface area contributed by atoms with Crippen molar-refractivity contribution in [2.75, 3.05) is 0 Å². The summed E-state index contributed by atoms with van der Waals surface area (Å²) in [5.41, 5.74) is 2.44. The molecule has 0 saturated heterocycles. The van der Waals surface area contributed by atoms with Gasteiger partial charge in [-0.05, 0) is 52.7 Å². The molecule has 4 rings (SSSR count). The molecule has 0 spiro atoms. The van der Waals surface area contributed by atoms with E-state index in [9.17, 15) is 26.4 Å². The van der Waals surface area contributed by atoms with Crippen LogP contribution in [-0.4, -0.2) is 20.5 Å². The first-order chi connectivity index (χ1) is 17.1. The van der Waals surface area contributed by atoms with E-state index in [0.717, 1.165) is 28.5 Å². The Bertz CT molecular complexity index is 1530. The van der Waals surface area contributed by atoms with Crippen molar-refractivity contribution in [1.82, 2.24) is 5.43 Å². The van der Waals surface area contributed by atoms with Crippen LogP contribution in [0.1, 0.15) is 16.7 Å². The predicted molar refractivity (Wildman–Crippen MR) is 129 cm³/mol. The van der Waals surface area contributed by atoms with Crippen molar-refractivity contribution in [1.29, 1.82) is 0 Å². The zero-order valence-corrected chi connectivity index (χ0v) is 19.4. The fourth-order valence-electron chi connectivity index (χ4n) is 3.39.